The van der Waals surface area contributed by atoms with Crippen molar-refractivity contribution in [2.24, 2.45) is 0 Å². The maximum atomic E-state index is 12.1. The fourth-order valence-corrected chi connectivity index (χ4v) is 2.27. The van der Waals surface area contributed by atoms with Crippen LogP contribution in [0, 0.1) is 0 Å². The van der Waals surface area contributed by atoms with Gasteiger partial charge in [0.25, 0.3) is 0 Å². The molecular formula is C12H21N3O3. The number of nitrogens with zero attached hydrogens (tertiary/aromatic N) is 2. The third-order valence-corrected chi connectivity index (χ3v) is 3.46. The van der Waals surface area contributed by atoms with Gasteiger partial charge in [0.05, 0.1) is 25.8 Å². The van der Waals surface area contributed by atoms with Crippen molar-refractivity contribution in [2.45, 2.75) is 19.4 Å². The van der Waals surface area contributed by atoms with Gasteiger partial charge >= 0.3 is 0 Å². The topological polar surface area (TPSA) is 61.9 Å². The molecule has 18 heavy (non-hydrogen) atoms. The summed E-state index contributed by atoms with van der Waals surface area (Å²) < 4.78 is 5.53. The van der Waals surface area contributed by atoms with Crippen molar-refractivity contribution in [1.82, 2.24) is 15.1 Å². The van der Waals surface area contributed by atoms with Crippen LogP contribution in [0.1, 0.15) is 13.3 Å². The highest BCUT2D eigenvalue weighted by molar-refractivity contribution is 5.86. The zero-order valence-corrected chi connectivity index (χ0v) is 10.9. The van der Waals surface area contributed by atoms with E-state index >= 15 is 0 Å². The number of carbonyl (C=O) groups is 2. The number of nitrogens with one attached hydrogen (secondary N) is 1. The standard InChI is InChI=1S/C12H21N3O3/c1-2-10-8-15(5-6-18-10)12(17)9-14-4-3-13-7-11(14)16/h10,13H,2-9H2,1H3. The Hall–Kier alpha value is -1.14. The first-order chi connectivity index (χ1) is 8.70. The molecule has 2 aliphatic rings. The van der Waals surface area contributed by atoms with Crippen LogP contribution in [0.3, 0.4) is 0 Å². The lowest BCUT2D eigenvalue weighted by Crippen LogP contribution is -2.54. The molecule has 2 aliphatic heterocycles. The van der Waals surface area contributed by atoms with Gasteiger partial charge in [0.2, 0.25) is 11.8 Å². The van der Waals surface area contributed by atoms with Crippen molar-refractivity contribution >= 4 is 11.8 Å². The van der Waals surface area contributed by atoms with Gasteiger partial charge in [0.15, 0.2) is 0 Å². The zero-order valence-electron chi connectivity index (χ0n) is 10.9. The lowest BCUT2D eigenvalue weighted by molar-refractivity contribution is -0.145. The van der Waals surface area contributed by atoms with Crippen molar-refractivity contribution in [1.29, 1.82) is 0 Å². The second kappa shape index (κ2) is 6.15. The Morgan fingerprint density at radius 2 is 2.33 bits per heavy atom. The second-order valence-electron chi connectivity index (χ2n) is 4.73. The summed E-state index contributed by atoms with van der Waals surface area (Å²) in [5, 5.41) is 3.00. The molecular weight excluding hydrogens is 234 g/mol. The van der Waals surface area contributed by atoms with Gasteiger partial charge in [-0.2, -0.15) is 0 Å². The molecule has 0 radical (unpaired) electrons. The first-order valence-corrected chi connectivity index (χ1v) is 6.58. The summed E-state index contributed by atoms with van der Waals surface area (Å²) in [5.41, 5.74) is 0. The van der Waals surface area contributed by atoms with Crippen LogP contribution < -0.4 is 5.32 Å². The van der Waals surface area contributed by atoms with E-state index in [2.05, 4.69) is 12.2 Å². The first-order valence-electron chi connectivity index (χ1n) is 6.58. The van der Waals surface area contributed by atoms with E-state index in [9.17, 15) is 9.59 Å². The number of carbonyl (C=O) groups excluding carboxylic acids is 2. The van der Waals surface area contributed by atoms with Gasteiger partial charge in [0, 0.05) is 26.2 Å². The summed E-state index contributed by atoms with van der Waals surface area (Å²) in [7, 11) is 0. The minimum absolute atomic E-state index is 0.00917. The summed E-state index contributed by atoms with van der Waals surface area (Å²) in [6.07, 6.45) is 1.05. The molecule has 1 unspecified atom stereocenters. The Labute approximate surface area is 107 Å². The van der Waals surface area contributed by atoms with Gasteiger partial charge in [-0.1, -0.05) is 6.92 Å². The van der Waals surface area contributed by atoms with Crippen molar-refractivity contribution in [2.75, 3.05) is 45.9 Å². The number of hydrogen-bond donors (Lipinski definition) is 1. The molecule has 1 atom stereocenters. The largest absolute Gasteiger partial charge is 0.375 e. The lowest BCUT2D eigenvalue weighted by atomic mass is 10.2. The average Bonchev–Trinajstić information content (AvgIpc) is 2.41. The average molecular weight is 255 g/mol. The summed E-state index contributed by atoms with van der Waals surface area (Å²) in [4.78, 5) is 27.2. The molecule has 2 saturated heterocycles. The summed E-state index contributed by atoms with van der Waals surface area (Å²) >= 11 is 0. The number of ether oxygens (including phenoxy) is 1. The molecule has 0 saturated carbocycles. The SMILES string of the molecule is CCC1CN(C(=O)CN2CCNCC2=O)CCO1. The maximum absolute atomic E-state index is 12.1. The fraction of sp³-hybridized carbons (Fsp3) is 0.833. The minimum Gasteiger partial charge on any atom is -0.375 e. The number of piperazine rings is 1. The van der Waals surface area contributed by atoms with Crippen molar-refractivity contribution in [3.63, 3.8) is 0 Å². The van der Waals surface area contributed by atoms with E-state index in [0.29, 0.717) is 32.8 Å². The number of hydrogen-bond acceptors (Lipinski definition) is 4. The molecule has 2 heterocycles. The van der Waals surface area contributed by atoms with Crippen LogP contribution in [0.5, 0.6) is 0 Å². The highest BCUT2D eigenvalue weighted by atomic mass is 16.5. The quantitative estimate of drug-likeness (QED) is 0.707. The third kappa shape index (κ3) is 3.20. The molecule has 2 fully saturated rings. The van der Waals surface area contributed by atoms with E-state index in [1.165, 1.54) is 0 Å². The molecule has 1 N–H and O–H groups in total. The van der Waals surface area contributed by atoms with Crippen LogP contribution >= 0.6 is 0 Å². The van der Waals surface area contributed by atoms with E-state index in [1.54, 1.807) is 4.90 Å². The monoisotopic (exact) mass is 255 g/mol. The minimum atomic E-state index is 0.00917. The molecule has 102 valence electrons. The Morgan fingerprint density at radius 3 is 3.06 bits per heavy atom. The van der Waals surface area contributed by atoms with Gasteiger partial charge in [0.1, 0.15) is 0 Å². The molecule has 2 amide bonds. The van der Waals surface area contributed by atoms with Gasteiger partial charge in [-0.3, -0.25) is 9.59 Å². The summed E-state index contributed by atoms with van der Waals surface area (Å²) in [6, 6.07) is 0. The van der Waals surface area contributed by atoms with Crippen LogP contribution in [-0.2, 0) is 14.3 Å². The van der Waals surface area contributed by atoms with Crippen LogP contribution in [0.15, 0.2) is 0 Å². The first kappa shape index (κ1) is 13.3. The maximum Gasteiger partial charge on any atom is 0.242 e. The number of morpholine rings is 1. The molecule has 6 nitrogen and oxygen atoms in total. The Morgan fingerprint density at radius 1 is 1.50 bits per heavy atom. The fourth-order valence-electron chi connectivity index (χ4n) is 2.27. The predicted octanol–water partition coefficient (Wildman–Crippen LogP) is -0.944. The smallest absolute Gasteiger partial charge is 0.242 e. The molecule has 0 aromatic heterocycles. The lowest BCUT2D eigenvalue weighted by Gasteiger charge is -2.35. The van der Waals surface area contributed by atoms with Gasteiger partial charge in [-0.25, -0.2) is 0 Å². The Balaban J connectivity index is 1.85. The third-order valence-electron chi connectivity index (χ3n) is 3.46. The highest BCUT2D eigenvalue weighted by Crippen LogP contribution is 2.09. The Kier molecular flexibility index (Phi) is 4.54. The van der Waals surface area contributed by atoms with Crippen LogP contribution in [0.2, 0.25) is 0 Å². The van der Waals surface area contributed by atoms with Crippen LogP contribution in [0.25, 0.3) is 0 Å². The molecule has 0 aromatic rings. The van der Waals surface area contributed by atoms with Gasteiger partial charge in [-0.15, -0.1) is 0 Å². The van der Waals surface area contributed by atoms with Crippen molar-refractivity contribution < 1.29 is 14.3 Å². The summed E-state index contributed by atoms with van der Waals surface area (Å²) in [6.45, 7) is 5.86. The van der Waals surface area contributed by atoms with Crippen LogP contribution in [0.4, 0.5) is 0 Å². The van der Waals surface area contributed by atoms with Gasteiger partial charge < -0.3 is 19.9 Å². The number of amides is 2. The highest BCUT2D eigenvalue weighted by Gasteiger charge is 2.26. The molecule has 0 aliphatic carbocycles. The van der Waals surface area contributed by atoms with E-state index < -0.39 is 0 Å². The van der Waals surface area contributed by atoms with E-state index in [0.717, 1.165) is 13.0 Å². The van der Waals surface area contributed by atoms with E-state index in [4.69, 9.17) is 4.74 Å². The van der Waals surface area contributed by atoms with Crippen molar-refractivity contribution in [3.8, 4) is 0 Å². The predicted molar refractivity (Wildman–Crippen MR) is 66.1 cm³/mol. The molecule has 0 spiro atoms. The summed E-state index contributed by atoms with van der Waals surface area (Å²) in [5.74, 6) is 0.0434. The normalized spacial score (nSPS) is 25.4. The molecule has 2 rings (SSSR count). The van der Waals surface area contributed by atoms with Crippen molar-refractivity contribution in [3.05, 3.63) is 0 Å². The molecule has 0 bridgehead atoms. The van der Waals surface area contributed by atoms with E-state index in [1.807, 2.05) is 4.90 Å². The molecule has 6 heteroatoms. The van der Waals surface area contributed by atoms with E-state index in [-0.39, 0.29) is 24.5 Å². The van der Waals surface area contributed by atoms with Gasteiger partial charge in [-0.05, 0) is 6.42 Å². The second-order valence-corrected chi connectivity index (χ2v) is 4.73. The van der Waals surface area contributed by atoms with Crippen LogP contribution in [-0.4, -0.2) is 73.6 Å². The molecule has 0 aromatic carbocycles. The number of rotatable bonds is 3. The zero-order chi connectivity index (χ0) is 13.0. The Bertz CT molecular complexity index is 322.